The molecule has 1 fully saturated rings. The molecule has 2 aromatic rings. The number of methoxy groups -OCH3 is 1. The molecule has 0 unspecified atom stereocenters. The molecule has 0 bridgehead atoms. The number of H-pyrrole nitrogens is 1. The highest BCUT2D eigenvalue weighted by atomic mass is 16.5. The van der Waals surface area contributed by atoms with Crippen LogP contribution in [0.5, 0.6) is 5.75 Å². The molecule has 0 atom stereocenters. The largest absolute Gasteiger partial charge is 0.497 e. The maximum atomic E-state index is 12.5. The van der Waals surface area contributed by atoms with Gasteiger partial charge in [-0.05, 0) is 43.5 Å². The van der Waals surface area contributed by atoms with Crippen molar-refractivity contribution >= 4 is 16.8 Å². The number of carbonyl (C=O) groups excluding carboxylic acids is 1. The second-order valence-corrected chi connectivity index (χ2v) is 6.57. The Morgan fingerprint density at radius 3 is 2.70 bits per heavy atom. The first-order valence-electron chi connectivity index (χ1n) is 8.62. The Balaban J connectivity index is 1.74. The van der Waals surface area contributed by atoms with E-state index in [0.717, 1.165) is 40.8 Å². The summed E-state index contributed by atoms with van der Waals surface area (Å²) in [6.45, 7) is 2.03. The van der Waals surface area contributed by atoms with Crippen LogP contribution >= 0.6 is 0 Å². The zero-order chi connectivity index (χ0) is 16.2. The van der Waals surface area contributed by atoms with Gasteiger partial charge in [0.2, 0.25) is 5.91 Å². The molecule has 4 heteroatoms. The summed E-state index contributed by atoms with van der Waals surface area (Å²) in [6.07, 6.45) is 7.72. The lowest BCUT2D eigenvalue weighted by atomic mass is 10.1. The molecule has 0 aliphatic heterocycles. The molecule has 2 N–H and O–H groups in total. The topological polar surface area (TPSA) is 54.1 Å². The van der Waals surface area contributed by atoms with E-state index in [2.05, 4.69) is 10.3 Å². The average Bonchev–Trinajstić information content (AvgIpc) is 2.71. The summed E-state index contributed by atoms with van der Waals surface area (Å²) in [6, 6.07) is 6.30. The predicted octanol–water partition coefficient (Wildman–Crippen LogP) is 3.87. The standard InChI is InChI=1S/C19H26N2O2/c1-13-16(17-11-15(23-2)9-10-18(17)20-13)12-19(22)21-14-7-5-3-4-6-8-14/h9-11,14,20H,3-8,12H2,1-2H3,(H,21,22). The van der Waals surface area contributed by atoms with Crippen molar-refractivity contribution in [1.82, 2.24) is 10.3 Å². The van der Waals surface area contributed by atoms with E-state index in [1.54, 1.807) is 7.11 Å². The molecule has 1 aromatic heterocycles. The van der Waals surface area contributed by atoms with Crippen LogP contribution in [0.25, 0.3) is 10.9 Å². The van der Waals surface area contributed by atoms with E-state index in [9.17, 15) is 4.79 Å². The normalized spacial score (nSPS) is 16.3. The number of hydrogen-bond donors (Lipinski definition) is 2. The fraction of sp³-hybridized carbons (Fsp3) is 0.526. The van der Waals surface area contributed by atoms with E-state index in [1.807, 2.05) is 25.1 Å². The average molecular weight is 314 g/mol. The molecule has 1 aliphatic carbocycles. The molecule has 1 saturated carbocycles. The molecule has 1 amide bonds. The van der Waals surface area contributed by atoms with Crippen LogP contribution in [0, 0.1) is 6.92 Å². The summed E-state index contributed by atoms with van der Waals surface area (Å²) in [4.78, 5) is 15.8. The van der Waals surface area contributed by atoms with Crippen molar-refractivity contribution in [2.75, 3.05) is 7.11 Å². The fourth-order valence-corrected chi connectivity index (χ4v) is 3.58. The van der Waals surface area contributed by atoms with Crippen LogP contribution in [0.1, 0.15) is 49.8 Å². The third kappa shape index (κ3) is 3.69. The van der Waals surface area contributed by atoms with Gasteiger partial charge in [0.15, 0.2) is 0 Å². The van der Waals surface area contributed by atoms with Gasteiger partial charge in [-0.25, -0.2) is 0 Å². The summed E-state index contributed by atoms with van der Waals surface area (Å²) < 4.78 is 5.31. The third-order valence-electron chi connectivity index (χ3n) is 4.88. The second-order valence-electron chi connectivity index (χ2n) is 6.57. The highest BCUT2D eigenvalue weighted by molar-refractivity contribution is 5.91. The van der Waals surface area contributed by atoms with Crippen molar-refractivity contribution in [2.24, 2.45) is 0 Å². The summed E-state index contributed by atoms with van der Waals surface area (Å²) in [5, 5.41) is 4.31. The Bertz CT molecular complexity index is 682. The Labute approximate surface area is 137 Å². The molecule has 4 nitrogen and oxygen atoms in total. The minimum absolute atomic E-state index is 0.128. The van der Waals surface area contributed by atoms with Gasteiger partial charge in [-0.1, -0.05) is 25.7 Å². The van der Waals surface area contributed by atoms with Crippen LogP contribution in [0.3, 0.4) is 0 Å². The molecule has 0 radical (unpaired) electrons. The van der Waals surface area contributed by atoms with Gasteiger partial charge >= 0.3 is 0 Å². The van der Waals surface area contributed by atoms with Crippen LogP contribution in [-0.2, 0) is 11.2 Å². The van der Waals surface area contributed by atoms with Gasteiger partial charge in [-0.2, -0.15) is 0 Å². The lowest BCUT2D eigenvalue weighted by Gasteiger charge is -2.16. The lowest BCUT2D eigenvalue weighted by molar-refractivity contribution is -0.121. The second kappa shape index (κ2) is 7.07. The van der Waals surface area contributed by atoms with Gasteiger partial charge < -0.3 is 15.0 Å². The Morgan fingerprint density at radius 1 is 1.26 bits per heavy atom. The zero-order valence-corrected chi connectivity index (χ0v) is 14.1. The molecular weight excluding hydrogens is 288 g/mol. The first-order chi connectivity index (χ1) is 11.2. The number of nitrogens with one attached hydrogen (secondary N) is 2. The first kappa shape index (κ1) is 15.9. The van der Waals surface area contributed by atoms with Gasteiger partial charge in [0.25, 0.3) is 0 Å². The number of rotatable bonds is 4. The minimum Gasteiger partial charge on any atom is -0.497 e. The molecule has 3 rings (SSSR count). The molecule has 23 heavy (non-hydrogen) atoms. The third-order valence-corrected chi connectivity index (χ3v) is 4.88. The van der Waals surface area contributed by atoms with Crippen LogP contribution in [0.2, 0.25) is 0 Å². The highest BCUT2D eigenvalue weighted by Gasteiger charge is 2.17. The van der Waals surface area contributed by atoms with Crippen LogP contribution in [-0.4, -0.2) is 24.0 Å². The van der Waals surface area contributed by atoms with Gasteiger partial charge in [0, 0.05) is 22.6 Å². The number of hydrogen-bond acceptors (Lipinski definition) is 2. The van der Waals surface area contributed by atoms with Crippen molar-refractivity contribution in [3.63, 3.8) is 0 Å². The maximum absolute atomic E-state index is 12.5. The van der Waals surface area contributed by atoms with E-state index in [4.69, 9.17) is 4.74 Å². The molecule has 0 saturated heterocycles. The smallest absolute Gasteiger partial charge is 0.224 e. The van der Waals surface area contributed by atoms with Crippen molar-refractivity contribution in [1.29, 1.82) is 0 Å². The van der Waals surface area contributed by atoms with E-state index in [-0.39, 0.29) is 5.91 Å². The molecular formula is C19H26N2O2. The Kier molecular flexibility index (Phi) is 4.89. The van der Waals surface area contributed by atoms with Crippen LogP contribution in [0.4, 0.5) is 0 Å². The van der Waals surface area contributed by atoms with Crippen LogP contribution in [0.15, 0.2) is 18.2 Å². The van der Waals surface area contributed by atoms with Crippen molar-refractivity contribution in [3.8, 4) is 5.75 Å². The SMILES string of the molecule is COc1ccc2[nH]c(C)c(CC(=O)NC3CCCCCC3)c2c1. The summed E-state index contributed by atoms with van der Waals surface area (Å²) in [5.74, 6) is 0.950. The van der Waals surface area contributed by atoms with E-state index in [0.29, 0.717) is 12.5 Å². The summed E-state index contributed by atoms with van der Waals surface area (Å²) >= 11 is 0. The molecule has 1 aliphatic rings. The molecule has 1 heterocycles. The van der Waals surface area contributed by atoms with Gasteiger partial charge in [-0.3, -0.25) is 4.79 Å². The maximum Gasteiger partial charge on any atom is 0.224 e. The van der Waals surface area contributed by atoms with Gasteiger partial charge in [-0.15, -0.1) is 0 Å². The number of ether oxygens (including phenoxy) is 1. The predicted molar refractivity (Wildman–Crippen MR) is 92.9 cm³/mol. The number of aromatic nitrogens is 1. The minimum atomic E-state index is 0.128. The number of aromatic amines is 1. The summed E-state index contributed by atoms with van der Waals surface area (Å²) in [5.41, 5.74) is 3.19. The molecule has 0 spiro atoms. The van der Waals surface area contributed by atoms with Gasteiger partial charge in [0.05, 0.1) is 13.5 Å². The van der Waals surface area contributed by atoms with Crippen LogP contribution < -0.4 is 10.1 Å². The quantitative estimate of drug-likeness (QED) is 0.842. The zero-order valence-electron chi connectivity index (χ0n) is 14.1. The highest BCUT2D eigenvalue weighted by Crippen LogP contribution is 2.27. The first-order valence-corrected chi connectivity index (χ1v) is 8.62. The molecule has 1 aromatic carbocycles. The number of aryl methyl sites for hydroxylation is 1. The number of fused-ring (bicyclic) bond motifs is 1. The number of carbonyl (C=O) groups is 1. The van der Waals surface area contributed by atoms with E-state index >= 15 is 0 Å². The number of benzene rings is 1. The van der Waals surface area contributed by atoms with E-state index in [1.165, 1.54) is 25.7 Å². The van der Waals surface area contributed by atoms with Crippen molar-refractivity contribution < 1.29 is 9.53 Å². The molecule has 124 valence electrons. The van der Waals surface area contributed by atoms with E-state index < -0.39 is 0 Å². The Hall–Kier alpha value is -1.97. The summed E-state index contributed by atoms with van der Waals surface area (Å²) in [7, 11) is 1.67. The lowest BCUT2D eigenvalue weighted by Crippen LogP contribution is -2.35. The Morgan fingerprint density at radius 2 is 2.00 bits per heavy atom. The monoisotopic (exact) mass is 314 g/mol. The van der Waals surface area contributed by atoms with Gasteiger partial charge in [0.1, 0.15) is 5.75 Å². The van der Waals surface area contributed by atoms with Crippen molar-refractivity contribution in [3.05, 3.63) is 29.5 Å². The number of amides is 1. The fourth-order valence-electron chi connectivity index (χ4n) is 3.58. The van der Waals surface area contributed by atoms with Crippen molar-refractivity contribution in [2.45, 2.75) is 57.9 Å².